The van der Waals surface area contributed by atoms with Gasteiger partial charge in [-0.3, -0.25) is 0 Å². The van der Waals surface area contributed by atoms with E-state index in [9.17, 15) is 16.8 Å². The van der Waals surface area contributed by atoms with Gasteiger partial charge in [0.05, 0.1) is 12.1 Å². The van der Waals surface area contributed by atoms with Crippen LogP contribution in [-0.2, 0) is 26.9 Å². The maximum absolute atomic E-state index is 11.8. The normalized spacial score (nSPS) is 12.8. The standard InChI is InChI=1S/C8H14ClN3O4S2/c1-12-6-10-8(7(12)9)18(15,16)11-4-3-5-17(2,13)14/h6,11H,3-5H2,1-2H3. The molecule has 0 radical (unpaired) electrons. The van der Waals surface area contributed by atoms with Crippen molar-refractivity contribution < 1.29 is 16.8 Å². The third kappa shape index (κ3) is 4.23. The number of hydrogen-bond acceptors (Lipinski definition) is 5. The Morgan fingerprint density at radius 2 is 2.00 bits per heavy atom. The lowest BCUT2D eigenvalue weighted by molar-refractivity contribution is 0.574. The number of aromatic nitrogens is 2. The second-order valence-electron chi connectivity index (χ2n) is 3.83. The van der Waals surface area contributed by atoms with E-state index in [0.717, 1.165) is 6.26 Å². The molecule has 0 unspecified atom stereocenters. The number of imidazole rings is 1. The molecule has 0 bridgehead atoms. The molecule has 104 valence electrons. The zero-order valence-corrected chi connectivity index (χ0v) is 12.3. The van der Waals surface area contributed by atoms with Crippen LogP contribution in [0.4, 0.5) is 0 Å². The van der Waals surface area contributed by atoms with Crippen LogP contribution in [-0.4, -0.2) is 44.9 Å². The molecule has 0 saturated carbocycles. The van der Waals surface area contributed by atoms with Crippen LogP contribution in [0.25, 0.3) is 0 Å². The summed E-state index contributed by atoms with van der Waals surface area (Å²) in [6.07, 6.45) is 2.58. The fourth-order valence-corrected chi connectivity index (χ4v) is 3.35. The molecule has 0 aliphatic rings. The first kappa shape index (κ1) is 15.4. The fraction of sp³-hybridized carbons (Fsp3) is 0.625. The average molecular weight is 316 g/mol. The Hall–Kier alpha value is -0.640. The Morgan fingerprint density at radius 3 is 2.44 bits per heavy atom. The van der Waals surface area contributed by atoms with Gasteiger partial charge in [0.1, 0.15) is 15.0 Å². The number of hydrogen-bond donors (Lipinski definition) is 1. The number of nitrogens with one attached hydrogen (secondary N) is 1. The summed E-state index contributed by atoms with van der Waals surface area (Å²) in [4.78, 5) is 3.68. The quantitative estimate of drug-likeness (QED) is 0.732. The summed E-state index contributed by atoms with van der Waals surface area (Å²) >= 11 is 5.76. The predicted octanol–water partition coefficient (Wildman–Crippen LogP) is -0.214. The smallest absolute Gasteiger partial charge is 0.261 e. The van der Waals surface area contributed by atoms with Crippen molar-refractivity contribution in [3.8, 4) is 0 Å². The summed E-state index contributed by atoms with van der Waals surface area (Å²) in [7, 11) is -5.32. The van der Waals surface area contributed by atoms with Crippen molar-refractivity contribution in [3.63, 3.8) is 0 Å². The van der Waals surface area contributed by atoms with Gasteiger partial charge in [0.25, 0.3) is 10.0 Å². The van der Waals surface area contributed by atoms with E-state index >= 15 is 0 Å². The maximum Gasteiger partial charge on any atom is 0.261 e. The second kappa shape index (κ2) is 5.55. The van der Waals surface area contributed by atoms with Crippen molar-refractivity contribution in [2.24, 2.45) is 7.05 Å². The predicted molar refractivity (Wildman–Crippen MR) is 67.7 cm³/mol. The zero-order valence-electron chi connectivity index (χ0n) is 9.92. The van der Waals surface area contributed by atoms with Gasteiger partial charge in [0.2, 0.25) is 5.03 Å². The van der Waals surface area contributed by atoms with Crippen LogP contribution in [0, 0.1) is 0 Å². The largest absolute Gasteiger partial charge is 0.324 e. The minimum atomic E-state index is -3.80. The molecule has 0 aliphatic heterocycles. The first-order chi connectivity index (χ1) is 8.13. The van der Waals surface area contributed by atoms with Crippen molar-refractivity contribution in [3.05, 3.63) is 11.5 Å². The van der Waals surface area contributed by atoms with Gasteiger partial charge in [-0.1, -0.05) is 11.6 Å². The summed E-state index contributed by atoms with van der Waals surface area (Å²) in [5.74, 6) is -0.0779. The first-order valence-corrected chi connectivity index (χ1v) is 8.90. The molecule has 0 fully saturated rings. The topological polar surface area (TPSA) is 98.1 Å². The molecule has 1 heterocycles. The summed E-state index contributed by atoms with van der Waals surface area (Å²) in [6.45, 7) is 0.0162. The summed E-state index contributed by atoms with van der Waals surface area (Å²) < 4.78 is 48.9. The fourth-order valence-electron chi connectivity index (χ4n) is 1.18. The van der Waals surface area contributed by atoms with Crippen molar-refractivity contribution in [2.75, 3.05) is 18.6 Å². The molecule has 0 saturated heterocycles. The van der Waals surface area contributed by atoms with Crippen molar-refractivity contribution in [1.29, 1.82) is 0 Å². The molecule has 0 aromatic carbocycles. The molecule has 1 aromatic heterocycles. The highest BCUT2D eigenvalue weighted by Crippen LogP contribution is 2.17. The molecule has 1 aromatic rings. The Balaban J connectivity index is 2.64. The Bertz CT molecular complexity index is 621. The van der Waals surface area contributed by atoms with Crippen LogP contribution in [0.2, 0.25) is 5.15 Å². The number of aryl methyl sites for hydroxylation is 1. The number of nitrogens with zero attached hydrogens (tertiary/aromatic N) is 2. The molecule has 7 nitrogen and oxygen atoms in total. The molecule has 18 heavy (non-hydrogen) atoms. The van der Waals surface area contributed by atoms with Crippen LogP contribution in [0.1, 0.15) is 6.42 Å². The van der Waals surface area contributed by atoms with E-state index in [-0.39, 0.29) is 28.9 Å². The number of rotatable bonds is 6. The van der Waals surface area contributed by atoms with E-state index in [0.29, 0.717) is 0 Å². The Kier molecular flexibility index (Phi) is 4.76. The molecule has 1 rings (SSSR count). The molecule has 0 aliphatic carbocycles. The van der Waals surface area contributed by atoms with Gasteiger partial charge in [0.15, 0.2) is 0 Å². The summed E-state index contributed by atoms with van der Waals surface area (Å²) in [5.41, 5.74) is 0. The lowest BCUT2D eigenvalue weighted by Crippen LogP contribution is -2.26. The minimum Gasteiger partial charge on any atom is -0.324 e. The number of halogens is 1. The molecule has 0 atom stereocenters. The number of sulfone groups is 1. The first-order valence-electron chi connectivity index (χ1n) is 4.98. The molecular weight excluding hydrogens is 302 g/mol. The van der Waals surface area contributed by atoms with Crippen molar-refractivity contribution in [2.45, 2.75) is 11.4 Å². The third-order valence-electron chi connectivity index (χ3n) is 2.07. The lowest BCUT2D eigenvalue weighted by Gasteiger charge is -2.04. The minimum absolute atomic E-state index is 0.00520. The average Bonchev–Trinajstić information content (AvgIpc) is 2.54. The SMILES string of the molecule is Cn1cnc(S(=O)(=O)NCCCS(C)(=O)=O)c1Cl. The number of sulfonamides is 1. The zero-order chi connectivity index (χ0) is 14.0. The molecule has 0 amide bonds. The van der Waals surface area contributed by atoms with Gasteiger partial charge < -0.3 is 4.57 Å². The summed E-state index contributed by atoms with van der Waals surface area (Å²) in [6, 6.07) is 0. The van der Waals surface area contributed by atoms with E-state index in [1.807, 2.05) is 0 Å². The summed E-state index contributed by atoms with van der Waals surface area (Å²) in [5, 5.41) is -0.253. The van der Waals surface area contributed by atoms with Crippen LogP contribution < -0.4 is 4.72 Å². The van der Waals surface area contributed by atoms with Gasteiger partial charge in [-0.05, 0) is 6.42 Å². The highest BCUT2D eigenvalue weighted by atomic mass is 35.5. The van der Waals surface area contributed by atoms with Crippen molar-refractivity contribution >= 4 is 31.5 Å². The molecule has 1 N–H and O–H groups in total. The molecule has 10 heteroatoms. The van der Waals surface area contributed by atoms with Gasteiger partial charge in [-0.15, -0.1) is 0 Å². The molecule has 0 spiro atoms. The highest BCUT2D eigenvalue weighted by Gasteiger charge is 2.21. The van der Waals surface area contributed by atoms with E-state index in [2.05, 4.69) is 9.71 Å². The lowest BCUT2D eigenvalue weighted by atomic mass is 10.5. The van der Waals surface area contributed by atoms with E-state index < -0.39 is 19.9 Å². The van der Waals surface area contributed by atoms with Gasteiger partial charge in [-0.2, -0.15) is 0 Å². The van der Waals surface area contributed by atoms with Gasteiger partial charge in [-0.25, -0.2) is 26.5 Å². The van der Waals surface area contributed by atoms with Crippen LogP contribution in [0.3, 0.4) is 0 Å². The monoisotopic (exact) mass is 315 g/mol. The Labute approximate surface area is 111 Å². The van der Waals surface area contributed by atoms with Crippen LogP contribution in [0.5, 0.6) is 0 Å². The van der Waals surface area contributed by atoms with E-state index in [4.69, 9.17) is 11.6 Å². The molecular formula is C8H14ClN3O4S2. The van der Waals surface area contributed by atoms with E-state index in [1.54, 1.807) is 7.05 Å². The van der Waals surface area contributed by atoms with E-state index in [1.165, 1.54) is 10.9 Å². The second-order valence-corrected chi connectivity index (χ2v) is 8.13. The Morgan fingerprint density at radius 1 is 1.39 bits per heavy atom. The van der Waals surface area contributed by atoms with Gasteiger partial charge in [0, 0.05) is 19.8 Å². The van der Waals surface area contributed by atoms with Crippen LogP contribution >= 0.6 is 11.6 Å². The van der Waals surface area contributed by atoms with Crippen LogP contribution in [0.15, 0.2) is 11.4 Å². The third-order valence-corrected chi connectivity index (χ3v) is 5.05. The van der Waals surface area contributed by atoms with Gasteiger partial charge >= 0.3 is 0 Å². The van der Waals surface area contributed by atoms with Crippen molar-refractivity contribution in [1.82, 2.24) is 14.3 Å². The highest BCUT2D eigenvalue weighted by molar-refractivity contribution is 7.90. The maximum atomic E-state index is 11.8.